The van der Waals surface area contributed by atoms with E-state index < -0.39 is 0 Å². The minimum atomic E-state index is 0.347. The molecule has 0 saturated heterocycles. The molecule has 0 aliphatic heterocycles. The second-order valence-electron chi connectivity index (χ2n) is 2.36. The van der Waals surface area contributed by atoms with Crippen LogP contribution in [0.15, 0.2) is 28.1 Å². The summed E-state index contributed by atoms with van der Waals surface area (Å²) in [5.41, 5.74) is 0.961. The van der Waals surface area contributed by atoms with Crippen LogP contribution in [0.3, 0.4) is 0 Å². The van der Waals surface area contributed by atoms with Gasteiger partial charge in [0, 0.05) is 9.92 Å². The van der Waals surface area contributed by atoms with Crippen LogP contribution < -0.4 is 0 Å². The molecule has 0 amide bonds. The molecule has 4 heteroatoms. The van der Waals surface area contributed by atoms with Gasteiger partial charge in [-0.15, -0.1) is 11.8 Å². The fourth-order valence-electron chi connectivity index (χ4n) is 0.988. The van der Waals surface area contributed by atoms with Gasteiger partial charge in [-0.1, -0.05) is 11.6 Å². The van der Waals surface area contributed by atoms with E-state index in [-0.39, 0.29) is 0 Å². The zero-order valence-corrected chi connectivity index (χ0v) is 8.65. The van der Waals surface area contributed by atoms with E-state index in [1.807, 2.05) is 24.5 Å². The van der Waals surface area contributed by atoms with Crippen molar-refractivity contribution in [1.29, 1.82) is 0 Å². The number of hydrogen-bond acceptors (Lipinski definition) is 3. The number of hydrogen-bond donors (Lipinski definition) is 0. The van der Waals surface area contributed by atoms with Gasteiger partial charge in [0.1, 0.15) is 0 Å². The molecule has 0 N–H and O–H groups in total. The number of rotatable bonds is 3. The number of nitrogens with zero attached hydrogens (tertiary/aromatic N) is 1. The first-order valence-corrected chi connectivity index (χ1v) is 5.24. The minimum absolute atomic E-state index is 0.347. The second kappa shape index (κ2) is 5.07. The molecule has 0 spiro atoms. The van der Waals surface area contributed by atoms with Gasteiger partial charge in [-0.05, 0) is 30.0 Å². The van der Waals surface area contributed by atoms with Crippen LogP contribution in [0.25, 0.3) is 0 Å². The summed E-state index contributed by atoms with van der Waals surface area (Å²) >= 11 is 7.41. The van der Waals surface area contributed by atoms with E-state index in [2.05, 4.69) is 4.99 Å². The predicted molar refractivity (Wildman–Crippen MR) is 55.1 cm³/mol. The Labute approximate surface area is 86.0 Å². The Morgan fingerprint density at radius 2 is 2.38 bits per heavy atom. The molecule has 0 unspecified atom stereocenters. The summed E-state index contributed by atoms with van der Waals surface area (Å²) in [6.07, 6.45) is 3.48. The highest BCUT2D eigenvalue weighted by Crippen LogP contribution is 2.24. The zero-order chi connectivity index (χ0) is 9.68. The van der Waals surface area contributed by atoms with Crippen molar-refractivity contribution in [2.45, 2.75) is 11.4 Å². The van der Waals surface area contributed by atoms with Gasteiger partial charge in [-0.25, -0.2) is 9.79 Å². The molecular weight excluding hydrogens is 206 g/mol. The van der Waals surface area contributed by atoms with Crippen LogP contribution in [0.2, 0.25) is 5.02 Å². The van der Waals surface area contributed by atoms with Gasteiger partial charge in [-0.3, -0.25) is 0 Å². The molecule has 0 fully saturated rings. The van der Waals surface area contributed by atoms with Gasteiger partial charge in [0.15, 0.2) is 0 Å². The molecule has 2 nitrogen and oxygen atoms in total. The van der Waals surface area contributed by atoms with Crippen LogP contribution in [0, 0.1) is 0 Å². The molecule has 0 saturated carbocycles. The lowest BCUT2D eigenvalue weighted by molar-refractivity contribution is 0.562. The molecule has 68 valence electrons. The number of aliphatic imine (C=N–C) groups is 1. The van der Waals surface area contributed by atoms with E-state index >= 15 is 0 Å². The molecule has 0 heterocycles. The third kappa shape index (κ3) is 2.88. The van der Waals surface area contributed by atoms with Crippen LogP contribution in [0.4, 0.5) is 0 Å². The Hall–Kier alpha value is -0.760. The quantitative estimate of drug-likeness (QED) is 0.439. The standard InChI is InChI=1S/C9H8ClNOS/c1-13-9-3-2-8(10)4-7(9)5-11-6-12/h2-4H,5H2,1H3. The zero-order valence-electron chi connectivity index (χ0n) is 7.08. The molecule has 1 aromatic rings. The third-order valence-electron chi connectivity index (χ3n) is 1.56. The summed E-state index contributed by atoms with van der Waals surface area (Å²) in [5.74, 6) is 0. The number of benzene rings is 1. The minimum Gasteiger partial charge on any atom is -0.211 e. The highest BCUT2D eigenvalue weighted by atomic mass is 35.5. The molecule has 0 aromatic heterocycles. The largest absolute Gasteiger partial charge is 0.235 e. The maximum Gasteiger partial charge on any atom is 0.235 e. The van der Waals surface area contributed by atoms with E-state index in [0.29, 0.717) is 11.6 Å². The summed E-state index contributed by atoms with van der Waals surface area (Å²) in [4.78, 5) is 14.5. The Bertz CT molecular complexity index is 347. The van der Waals surface area contributed by atoms with Crippen LogP contribution in [-0.4, -0.2) is 12.3 Å². The van der Waals surface area contributed by atoms with Crippen molar-refractivity contribution in [2.75, 3.05) is 6.26 Å². The lowest BCUT2D eigenvalue weighted by atomic mass is 10.2. The van der Waals surface area contributed by atoms with Crippen LogP contribution in [-0.2, 0) is 11.3 Å². The first kappa shape index (κ1) is 10.3. The van der Waals surface area contributed by atoms with Crippen LogP contribution in [0.5, 0.6) is 0 Å². The van der Waals surface area contributed by atoms with E-state index in [1.54, 1.807) is 11.8 Å². The summed E-state index contributed by atoms with van der Waals surface area (Å²) < 4.78 is 0. The van der Waals surface area contributed by atoms with Crippen LogP contribution >= 0.6 is 23.4 Å². The second-order valence-corrected chi connectivity index (χ2v) is 3.65. The Kier molecular flexibility index (Phi) is 4.03. The number of halogens is 1. The topological polar surface area (TPSA) is 29.4 Å². The van der Waals surface area contributed by atoms with Gasteiger partial charge in [0.05, 0.1) is 6.54 Å². The van der Waals surface area contributed by atoms with Gasteiger partial charge < -0.3 is 0 Å². The molecule has 0 bridgehead atoms. The summed E-state index contributed by atoms with van der Waals surface area (Å²) in [6, 6.07) is 5.55. The molecule has 13 heavy (non-hydrogen) atoms. The van der Waals surface area contributed by atoms with Gasteiger partial charge in [0.25, 0.3) is 0 Å². The van der Waals surface area contributed by atoms with E-state index in [9.17, 15) is 4.79 Å². The molecule has 0 aliphatic carbocycles. The fraction of sp³-hybridized carbons (Fsp3) is 0.222. The number of carbonyl (C=O) groups excluding carboxylic acids is 1. The van der Waals surface area contributed by atoms with Gasteiger partial charge in [0.2, 0.25) is 6.08 Å². The SMILES string of the molecule is CSc1ccc(Cl)cc1CN=C=O. The smallest absolute Gasteiger partial charge is 0.211 e. The van der Waals surface area contributed by atoms with Crippen molar-refractivity contribution in [1.82, 2.24) is 0 Å². The van der Waals surface area contributed by atoms with E-state index in [0.717, 1.165) is 10.5 Å². The lowest BCUT2D eigenvalue weighted by Crippen LogP contribution is -1.85. The monoisotopic (exact) mass is 213 g/mol. The maximum absolute atomic E-state index is 9.93. The normalized spacial score (nSPS) is 9.38. The summed E-state index contributed by atoms with van der Waals surface area (Å²) in [6.45, 7) is 0.347. The van der Waals surface area contributed by atoms with Crippen molar-refractivity contribution >= 4 is 29.4 Å². The molecule has 1 aromatic carbocycles. The molecule has 1 rings (SSSR count). The van der Waals surface area contributed by atoms with Crippen molar-refractivity contribution in [3.8, 4) is 0 Å². The lowest BCUT2D eigenvalue weighted by Gasteiger charge is -2.03. The number of thioether (sulfide) groups is 1. The Balaban J connectivity index is 3.00. The van der Waals surface area contributed by atoms with E-state index in [1.165, 1.54) is 6.08 Å². The average molecular weight is 214 g/mol. The van der Waals surface area contributed by atoms with Crippen molar-refractivity contribution < 1.29 is 4.79 Å². The van der Waals surface area contributed by atoms with Crippen molar-refractivity contribution in [2.24, 2.45) is 4.99 Å². The highest BCUT2D eigenvalue weighted by molar-refractivity contribution is 7.98. The number of isocyanates is 1. The van der Waals surface area contributed by atoms with E-state index in [4.69, 9.17) is 11.6 Å². The van der Waals surface area contributed by atoms with Crippen LogP contribution in [0.1, 0.15) is 5.56 Å². The molecule has 0 radical (unpaired) electrons. The Morgan fingerprint density at radius 3 is 3.00 bits per heavy atom. The fourth-order valence-corrected chi connectivity index (χ4v) is 1.77. The third-order valence-corrected chi connectivity index (χ3v) is 2.63. The highest BCUT2D eigenvalue weighted by Gasteiger charge is 2.01. The maximum atomic E-state index is 9.93. The van der Waals surface area contributed by atoms with Crippen molar-refractivity contribution in [3.63, 3.8) is 0 Å². The summed E-state index contributed by atoms with van der Waals surface area (Å²) in [5, 5.41) is 0.661. The first-order valence-electron chi connectivity index (χ1n) is 3.64. The summed E-state index contributed by atoms with van der Waals surface area (Å²) in [7, 11) is 0. The van der Waals surface area contributed by atoms with Gasteiger partial charge >= 0.3 is 0 Å². The predicted octanol–water partition coefficient (Wildman–Crippen LogP) is 2.90. The average Bonchev–Trinajstić information content (AvgIpc) is 2.15. The van der Waals surface area contributed by atoms with Crippen molar-refractivity contribution in [3.05, 3.63) is 28.8 Å². The molecule has 0 aliphatic rings. The van der Waals surface area contributed by atoms with Gasteiger partial charge in [-0.2, -0.15) is 0 Å². The molecular formula is C9H8ClNOS. The Morgan fingerprint density at radius 1 is 1.62 bits per heavy atom. The first-order chi connectivity index (χ1) is 6.27. The molecule has 0 atom stereocenters.